The zero-order valence-corrected chi connectivity index (χ0v) is 12.1. The summed E-state index contributed by atoms with van der Waals surface area (Å²) >= 11 is 1.49. The quantitative estimate of drug-likeness (QED) is 0.777. The lowest BCUT2D eigenvalue weighted by Crippen LogP contribution is -2.17. The van der Waals surface area contributed by atoms with Crippen LogP contribution in [0.25, 0.3) is 0 Å². The van der Waals surface area contributed by atoms with Gasteiger partial charge in [-0.1, -0.05) is 0 Å². The molecule has 0 aliphatic rings. The monoisotopic (exact) mass is 292 g/mol. The summed E-state index contributed by atoms with van der Waals surface area (Å²) in [4.78, 5) is 21.0. The van der Waals surface area contributed by atoms with Crippen molar-refractivity contribution in [1.82, 2.24) is 15.3 Å². The normalized spacial score (nSPS) is 10.3. The minimum absolute atomic E-state index is 0.113. The van der Waals surface area contributed by atoms with E-state index >= 15 is 0 Å². The SMILES string of the molecule is CNC(=O)c1ccc(Nc2nc(C)c(CCO)s2)nc1. The summed E-state index contributed by atoms with van der Waals surface area (Å²) in [5.74, 6) is 0.460. The van der Waals surface area contributed by atoms with Crippen LogP contribution >= 0.6 is 11.3 Å². The number of hydrogen-bond acceptors (Lipinski definition) is 6. The maximum atomic E-state index is 11.4. The number of carbonyl (C=O) groups is 1. The summed E-state index contributed by atoms with van der Waals surface area (Å²) < 4.78 is 0. The van der Waals surface area contributed by atoms with Crippen molar-refractivity contribution in [2.24, 2.45) is 0 Å². The van der Waals surface area contributed by atoms with Crippen LogP contribution < -0.4 is 10.6 Å². The number of aromatic nitrogens is 2. The molecule has 7 heteroatoms. The number of nitrogens with zero attached hydrogens (tertiary/aromatic N) is 2. The number of nitrogens with one attached hydrogen (secondary N) is 2. The molecule has 20 heavy (non-hydrogen) atoms. The van der Waals surface area contributed by atoms with Crippen molar-refractivity contribution in [3.63, 3.8) is 0 Å². The number of hydrogen-bond donors (Lipinski definition) is 3. The lowest BCUT2D eigenvalue weighted by atomic mass is 10.2. The molecule has 6 nitrogen and oxygen atoms in total. The average molecular weight is 292 g/mol. The Balaban J connectivity index is 2.10. The van der Waals surface area contributed by atoms with E-state index in [4.69, 9.17) is 5.11 Å². The largest absolute Gasteiger partial charge is 0.396 e. The van der Waals surface area contributed by atoms with Crippen molar-refractivity contribution in [2.45, 2.75) is 13.3 Å². The van der Waals surface area contributed by atoms with Gasteiger partial charge < -0.3 is 15.7 Å². The molecule has 0 bridgehead atoms. The van der Waals surface area contributed by atoms with Crippen molar-refractivity contribution in [1.29, 1.82) is 0 Å². The van der Waals surface area contributed by atoms with Gasteiger partial charge in [-0.2, -0.15) is 0 Å². The van der Waals surface area contributed by atoms with Crippen molar-refractivity contribution >= 4 is 28.2 Å². The zero-order valence-electron chi connectivity index (χ0n) is 11.3. The van der Waals surface area contributed by atoms with E-state index in [1.54, 1.807) is 19.2 Å². The number of anilines is 2. The highest BCUT2D eigenvalue weighted by molar-refractivity contribution is 7.15. The number of aryl methyl sites for hydroxylation is 1. The molecule has 0 atom stereocenters. The Labute approximate surface area is 120 Å². The van der Waals surface area contributed by atoms with Crippen LogP contribution in [0.3, 0.4) is 0 Å². The highest BCUT2D eigenvalue weighted by Crippen LogP contribution is 2.25. The lowest BCUT2D eigenvalue weighted by Gasteiger charge is -2.03. The van der Waals surface area contributed by atoms with E-state index < -0.39 is 0 Å². The van der Waals surface area contributed by atoms with Crippen LogP contribution in [-0.2, 0) is 6.42 Å². The first kappa shape index (κ1) is 14.4. The Hall–Kier alpha value is -1.99. The first-order valence-corrected chi connectivity index (χ1v) is 6.98. The van der Waals surface area contributed by atoms with Gasteiger partial charge in [-0.05, 0) is 19.1 Å². The fraction of sp³-hybridized carbons (Fsp3) is 0.308. The van der Waals surface area contributed by atoms with Gasteiger partial charge in [0.2, 0.25) is 0 Å². The average Bonchev–Trinajstić information content (AvgIpc) is 2.79. The molecule has 0 radical (unpaired) electrons. The van der Waals surface area contributed by atoms with Gasteiger partial charge in [0.15, 0.2) is 5.13 Å². The van der Waals surface area contributed by atoms with Gasteiger partial charge in [-0.3, -0.25) is 4.79 Å². The zero-order chi connectivity index (χ0) is 14.5. The third-order valence-corrected chi connectivity index (χ3v) is 3.85. The molecule has 3 N–H and O–H groups in total. The maximum Gasteiger partial charge on any atom is 0.252 e. The van der Waals surface area contributed by atoms with Crippen LogP contribution in [-0.4, -0.2) is 34.6 Å². The number of amides is 1. The highest BCUT2D eigenvalue weighted by Gasteiger charge is 2.08. The van der Waals surface area contributed by atoms with E-state index in [9.17, 15) is 4.79 Å². The summed E-state index contributed by atoms with van der Waals surface area (Å²) in [5.41, 5.74) is 1.42. The van der Waals surface area contributed by atoms with E-state index in [2.05, 4.69) is 20.6 Å². The summed E-state index contributed by atoms with van der Waals surface area (Å²) in [5, 5.41) is 15.3. The van der Waals surface area contributed by atoms with Gasteiger partial charge in [0, 0.05) is 31.1 Å². The van der Waals surface area contributed by atoms with E-state index in [0.29, 0.717) is 17.8 Å². The predicted octanol–water partition coefficient (Wildman–Crippen LogP) is 1.48. The summed E-state index contributed by atoms with van der Waals surface area (Å²) in [6, 6.07) is 3.43. The second-order valence-corrected chi connectivity index (χ2v) is 5.22. The van der Waals surface area contributed by atoms with Gasteiger partial charge >= 0.3 is 0 Å². The molecule has 106 valence electrons. The highest BCUT2D eigenvalue weighted by atomic mass is 32.1. The Kier molecular flexibility index (Phi) is 4.65. The number of thiazole rings is 1. The van der Waals surface area contributed by atoms with Gasteiger partial charge in [0.25, 0.3) is 5.91 Å². The Morgan fingerprint density at radius 3 is 2.85 bits per heavy atom. The molecule has 2 aromatic rings. The Morgan fingerprint density at radius 2 is 2.25 bits per heavy atom. The fourth-order valence-electron chi connectivity index (χ4n) is 1.67. The predicted molar refractivity (Wildman–Crippen MR) is 78.6 cm³/mol. The molecule has 0 spiro atoms. The Morgan fingerprint density at radius 1 is 1.45 bits per heavy atom. The minimum Gasteiger partial charge on any atom is -0.396 e. The van der Waals surface area contributed by atoms with Crippen molar-refractivity contribution in [3.8, 4) is 0 Å². The molecule has 0 aliphatic carbocycles. The van der Waals surface area contributed by atoms with Crippen molar-refractivity contribution < 1.29 is 9.90 Å². The molecule has 2 aromatic heterocycles. The third kappa shape index (κ3) is 3.31. The molecular formula is C13H16N4O2S. The summed E-state index contributed by atoms with van der Waals surface area (Å²) in [6.45, 7) is 2.02. The third-order valence-electron chi connectivity index (χ3n) is 2.72. The van der Waals surface area contributed by atoms with Gasteiger partial charge in [0.1, 0.15) is 5.82 Å². The number of aliphatic hydroxyl groups is 1. The topological polar surface area (TPSA) is 87.1 Å². The smallest absolute Gasteiger partial charge is 0.252 e. The number of rotatable bonds is 5. The summed E-state index contributed by atoms with van der Waals surface area (Å²) in [7, 11) is 1.58. The van der Waals surface area contributed by atoms with Gasteiger partial charge in [-0.15, -0.1) is 11.3 Å². The van der Waals surface area contributed by atoms with E-state index in [1.165, 1.54) is 17.5 Å². The van der Waals surface area contributed by atoms with Crippen LogP contribution in [0.5, 0.6) is 0 Å². The van der Waals surface area contributed by atoms with Crippen LogP contribution in [0.4, 0.5) is 10.9 Å². The number of carbonyl (C=O) groups excluding carboxylic acids is 1. The van der Waals surface area contributed by atoms with Crippen LogP contribution in [0, 0.1) is 6.92 Å². The Bertz CT molecular complexity index is 595. The van der Waals surface area contributed by atoms with Crippen LogP contribution in [0.2, 0.25) is 0 Å². The molecule has 0 aliphatic heterocycles. The maximum absolute atomic E-state index is 11.4. The fourth-order valence-corrected chi connectivity index (χ4v) is 2.63. The van der Waals surface area contributed by atoms with Crippen LogP contribution in [0.15, 0.2) is 18.3 Å². The van der Waals surface area contributed by atoms with E-state index in [0.717, 1.165) is 15.7 Å². The summed E-state index contributed by atoms with van der Waals surface area (Å²) in [6.07, 6.45) is 2.12. The molecule has 0 saturated heterocycles. The van der Waals surface area contributed by atoms with Crippen LogP contribution in [0.1, 0.15) is 20.9 Å². The molecule has 0 saturated carbocycles. The number of aliphatic hydroxyl groups excluding tert-OH is 1. The second-order valence-electron chi connectivity index (χ2n) is 4.14. The molecule has 0 unspecified atom stereocenters. The standard InChI is InChI=1S/C13H16N4O2S/c1-8-10(5-6-18)20-13(16-8)17-11-4-3-9(7-15-11)12(19)14-2/h3-4,7,18H,5-6H2,1-2H3,(H,14,19)(H,15,16,17). The minimum atomic E-state index is -0.167. The van der Waals surface area contributed by atoms with Crippen molar-refractivity contribution in [2.75, 3.05) is 19.0 Å². The van der Waals surface area contributed by atoms with E-state index in [-0.39, 0.29) is 12.5 Å². The first-order valence-electron chi connectivity index (χ1n) is 6.16. The molecular weight excluding hydrogens is 276 g/mol. The first-order chi connectivity index (χ1) is 9.63. The molecule has 1 amide bonds. The molecule has 2 heterocycles. The van der Waals surface area contributed by atoms with Gasteiger partial charge in [-0.25, -0.2) is 9.97 Å². The second kappa shape index (κ2) is 6.44. The lowest BCUT2D eigenvalue weighted by molar-refractivity contribution is 0.0963. The molecule has 0 fully saturated rings. The molecule has 2 rings (SSSR count). The number of pyridine rings is 1. The molecule has 0 aromatic carbocycles. The van der Waals surface area contributed by atoms with Crippen molar-refractivity contribution in [3.05, 3.63) is 34.5 Å². The van der Waals surface area contributed by atoms with Gasteiger partial charge in [0.05, 0.1) is 11.3 Å². The van der Waals surface area contributed by atoms with E-state index in [1.807, 2.05) is 6.92 Å².